The van der Waals surface area contributed by atoms with Crippen LogP contribution in [0.15, 0.2) is 23.2 Å². The van der Waals surface area contributed by atoms with Crippen molar-refractivity contribution in [3.63, 3.8) is 0 Å². The van der Waals surface area contributed by atoms with Gasteiger partial charge in [-0.25, -0.2) is 9.38 Å². The van der Waals surface area contributed by atoms with E-state index in [2.05, 4.69) is 4.99 Å². The van der Waals surface area contributed by atoms with Crippen LogP contribution in [0.5, 0.6) is 5.75 Å². The molecule has 0 fully saturated rings. The highest BCUT2D eigenvalue weighted by Crippen LogP contribution is 2.21. The quantitative estimate of drug-likeness (QED) is 0.536. The molecule has 0 aromatic heterocycles. The zero-order valence-electron chi connectivity index (χ0n) is 6.62. The van der Waals surface area contributed by atoms with Crippen LogP contribution in [0.3, 0.4) is 0 Å². The molecule has 0 aliphatic heterocycles. The number of aliphatic imine (C=N–C) groups is 1. The molecule has 1 rings (SSSR count). The van der Waals surface area contributed by atoms with Gasteiger partial charge in [0.2, 0.25) is 0 Å². The van der Waals surface area contributed by atoms with Crippen molar-refractivity contribution in [1.29, 1.82) is 0 Å². The maximum absolute atomic E-state index is 12.9. The van der Waals surface area contributed by atoms with Crippen molar-refractivity contribution in [2.24, 2.45) is 10.7 Å². The van der Waals surface area contributed by atoms with Gasteiger partial charge < -0.3 is 10.5 Å². The zero-order valence-corrected chi connectivity index (χ0v) is 6.62. The van der Waals surface area contributed by atoms with Crippen molar-refractivity contribution < 1.29 is 9.13 Å². The van der Waals surface area contributed by atoms with E-state index in [0.717, 1.165) is 6.34 Å². The number of hydrogen-bond acceptors (Lipinski definition) is 2. The predicted octanol–water partition coefficient (Wildman–Crippen LogP) is 1.45. The normalized spacial score (nSPS) is 10.5. The molecular weight excluding hydrogens is 159 g/mol. The zero-order chi connectivity index (χ0) is 8.97. The van der Waals surface area contributed by atoms with Crippen LogP contribution >= 0.6 is 0 Å². The summed E-state index contributed by atoms with van der Waals surface area (Å²) < 4.78 is 17.7. The summed E-state index contributed by atoms with van der Waals surface area (Å²) in [4.78, 5) is 3.70. The van der Waals surface area contributed by atoms with Gasteiger partial charge in [0.1, 0.15) is 0 Å². The third-order valence-corrected chi connectivity index (χ3v) is 1.36. The van der Waals surface area contributed by atoms with Crippen molar-refractivity contribution in [3.05, 3.63) is 24.0 Å². The van der Waals surface area contributed by atoms with E-state index in [4.69, 9.17) is 10.5 Å². The lowest BCUT2D eigenvalue weighted by molar-refractivity contribution is 0.386. The molecule has 0 saturated carbocycles. The van der Waals surface area contributed by atoms with E-state index in [0.29, 0.717) is 5.69 Å². The lowest BCUT2D eigenvalue weighted by atomic mass is 10.3. The van der Waals surface area contributed by atoms with Gasteiger partial charge in [-0.1, -0.05) is 0 Å². The largest absolute Gasteiger partial charge is 0.494 e. The van der Waals surface area contributed by atoms with E-state index in [1.165, 1.54) is 19.2 Å². The summed E-state index contributed by atoms with van der Waals surface area (Å²) in [6.07, 6.45) is 1.11. The second kappa shape index (κ2) is 3.71. The number of nitrogens with zero attached hydrogens (tertiary/aromatic N) is 1. The second-order valence-electron chi connectivity index (χ2n) is 2.10. The topological polar surface area (TPSA) is 47.6 Å². The first kappa shape index (κ1) is 8.52. The third kappa shape index (κ3) is 1.72. The first-order valence-corrected chi connectivity index (χ1v) is 3.35. The molecule has 0 heterocycles. The van der Waals surface area contributed by atoms with E-state index >= 15 is 0 Å². The standard InChI is InChI=1S/C8H9FN2O/c1-12-8-3-2-6(11-5-10)4-7(8)9/h2-5H,1H3,(H2,10,11). The van der Waals surface area contributed by atoms with E-state index in [1.807, 2.05) is 0 Å². The molecule has 0 spiro atoms. The fraction of sp³-hybridized carbons (Fsp3) is 0.125. The molecule has 64 valence electrons. The Balaban J connectivity index is 3.01. The number of halogens is 1. The Morgan fingerprint density at radius 3 is 2.83 bits per heavy atom. The number of benzene rings is 1. The molecule has 1 aromatic carbocycles. The number of methoxy groups -OCH3 is 1. The second-order valence-corrected chi connectivity index (χ2v) is 2.10. The summed E-state index contributed by atoms with van der Waals surface area (Å²) in [7, 11) is 1.41. The van der Waals surface area contributed by atoms with Gasteiger partial charge >= 0.3 is 0 Å². The number of ether oxygens (including phenoxy) is 1. The van der Waals surface area contributed by atoms with Crippen molar-refractivity contribution in [3.8, 4) is 5.75 Å². The van der Waals surface area contributed by atoms with Crippen LogP contribution in [0.2, 0.25) is 0 Å². The predicted molar refractivity (Wildman–Crippen MR) is 45.3 cm³/mol. The lowest BCUT2D eigenvalue weighted by Crippen LogP contribution is -1.88. The highest BCUT2D eigenvalue weighted by Gasteiger charge is 2.01. The summed E-state index contributed by atoms with van der Waals surface area (Å²) in [5, 5.41) is 0. The van der Waals surface area contributed by atoms with Gasteiger partial charge in [0.15, 0.2) is 11.6 Å². The van der Waals surface area contributed by atoms with Crippen molar-refractivity contribution in [2.75, 3.05) is 7.11 Å². The lowest BCUT2D eigenvalue weighted by Gasteiger charge is -2.00. The molecule has 4 heteroatoms. The Morgan fingerprint density at radius 2 is 2.33 bits per heavy atom. The summed E-state index contributed by atoms with van der Waals surface area (Å²) in [6, 6.07) is 4.37. The Labute approximate surface area is 69.7 Å². The minimum atomic E-state index is -0.444. The molecule has 3 nitrogen and oxygen atoms in total. The summed E-state index contributed by atoms with van der Waals surface area (Å²) >= 11 is 0. The Kier molecular flexibility index (Phi) is 2.63. The smallest absolute Gasteiger partial charge is 0.167 e. The maximum atomic E-state index is 12.9. The number of nitrogens with two attached hydrogens (primary N) is 1. The molecule has 0 atom stereocenters. The van der Waals surface area contributed by atoms with Crippen LogP contribution in [-0.2, 0) is 0 Å². The van der Waals surface area contributed by atoms with Gasteiger partial charge in [0.05, 0.1) is 19.1 Å². The highest BCUT2D eigenvalue weighted by atomic mass is 19.1. The molecule has 2 N–H and O–H groups in total. The Bertz CT molecular complexity index is 299. The van der Waals surface area contributed by atoms with Gasteiger partial charge in [-0.15, -0.1) is 0 Å². The van der Waals surface area contributed by atoms with Gasteiger partial charge in [0.25, 0.3) is 0 Å². The molecule has 0 radical (unpaired) electrons. The van der Waals surface area contributed by atoms with Gasteiger partial charge in [-0.3, -0.25) is 0 Å². The summed E-state index contributed by atoms with van der Waals surface area (Å²) in [5.41, 5.74) is 5.50. The van der Waals surface area contributed by atoms with E-state index in [-0.39, 0.29) is 5.75 Å². The molecule has 0 aliphatic carbocycles. The van der Waals surface area contributed by atoms with Gasteiger partial charge in [-0.05, 0) is 12.1 Å². The Hall–Kier alpha value is -1.58. The molecule has 0 bridgehead atoms. The molecule has 12 heavy (non-hydrogen) atoms. The first-order chi connectivity index (χ1) is 5.77. The van der Waals surface area contributed by atoms with Crippen LogP contribution in [0.25, 0.3) is 0 Å². The van der Waals surface area contributed by atoms with Crippen LogP contribution in [0, 0.1) is 5.82 Å². The SMILES string of the molecule is COc1ccc(N=CN)cc1F. The third-order valence-electron chi connectivity index (χ3n) is 1.36. The number of hydrogen-bond donors (Lipinski definition) is 1. The molecule has 0 aliphatic rings. The minimum Gasteiger partial charge on any atom is -0.494 e. The average molecular weight is 168 g/mol. The molecular formula is C8H9FN2O. The average Bonchev–Trinajstić information content (AvgIpc) is 2.05. The van der Waals surface area contributed by atoms with Gasteiger partial charge in [-0.2, -0.15) is 0 Å². The fourth-order valence-corrected chi connectivity index (χ4v) is 0.822. The van der Waals surface area contributed by atoms with Crippen LogP contribution < -0.4 is 10.5 Å². The number of rotatable bonds is 2. The van der Waals surface area contributed by atoms with Crippen LogP contribution in [0.4, 0.5) is 10.1 Å². The monoisotopic (exact) mass is 168 g/mol. The molecule has 1 aromatic rings. The molecule has 0 unspecified atom stereocenters. The van der Waals surface area contributed by atoms with Crippen LogP contribution in [0.1, 0.15) is 0 Å². The molecule has 0 amide bonds. The fourth-order valence-electron chi connectivity index (χ4n) is 0.822. The van der Waals surface area contributed by atoms with E-state index < -0.39 is 5.82 Å². The van der Waals surface area contributed by atoms with Crippen molar-refractivity contribution >= 4 is 12.0 Å². The summed E-state index contributed by atoms with van der Waals surface area (Å²) in [5.74, 6) is -0.244. The van der Waals surface area contributed by atoms with Crippen molar-refractivity contribution in [1.82, 2.24) is 0 Å². The van der Waals surface area contributed by atoms with E-state index in [1.54, 1.807) is 6.07 Å². The van der Waals surface area contributed by atoms with Crippen LogP contribution in [-0.4, -0.2) is 13.4 Å². The highest BCUT2D eigenvalue weighted by molar-refractivity contribution is 5.59. The summed E-state index contributed by atoms with van der Waals surface area (Å²) in [6.45, 7) is 0. The van der Waals surface area contributed by atoms with Gasteiger partial charge in [0, 0.05) is 6.07 Å². The molecule has 0 saturated heterocycles. The minimum absolute atomic E-state index is 0.200. The maximum Gasteiger partial charge on any atom is 0.167 e. The van der Waals surface area contributed by atoms with E-state index in [9.17, 15) is 4.39 Å². The van der Waals surface area contributed by atoms with Crippen molar-refractivity contribution in [2.45, 2.75) is 0 Å². The Morgan fingerprint density at radius 1 is 1.58 bits per heavy atom. The first-order valence-electron chi connectivity index (χ1n) is 3.35.